The molecule has 184 valence electrons. The number of hydrogen-bond acceptors (Lipinski definition) is 2. The molecule has 0 spiro atoms. The van der Waals surface area contributed by atoms with Crippen molar-refractivity contribution in [3.8, 4) is 0 Å². The van der Waals surface area contributed by atoms with Gasteiger partial charge in [0, 0.05) is 46.6 Å². The van der Waals surface area contributed by atoms with Crippen LogP contribution >= 0.6 is 34.8 Å². The second-order valence-corrected chi connectivity index (χ2v) is 9.53. The molecule has 0 saturated heterocycles. The zero-order valence-electron chi connectivity index (χ0n) is 19.6. The highest BCUT2D eigenvalue weighted by molar-refractivity contribution is 6.36. The lowest BCUT2D eigenvalue weighted by molar-refractivity contribution is -0.141. The van der Waals surface area contributed by atoms with E-state index < -0.39 is 6.04 Å². The Morgan fingerprint density at radius 1 is 0.857 bits per heavy atom. The van der Waals surface area contributed by atoms with E-state index in [1.807, 2.05) is 55.5 Å². The van der Waals surface area contributed by atoms with Gasteiger partial charge in [-0.05, 0) is 42.2 Å². The summed E-state index contributed by atoms with van der Waals surface area (Å²) in [5.41, 5.74) is 2.45. The van der Waals surface area contributed by atoms with Gasteiger partial charge in [0.2, 0.25) is 11.8 Å². The number of hydrogen-bond donors (Lipinski definition) is 1. The van der Waals surface area contributed by atoms with Gasteiger partial charge in [-0.3, -0.25) is 9.59 Å². The molecule has 0 radical (unpaired) electrons. The number of rotatable bonds is 11. The maximum Gasteiger partial charge on any atom is 0.243 e. The molecule has 0 fully saturated rings. The number of nitrogens with zero attached hydrogens (tertiary/aromatic N) is 1. The smallest absolute Gasteiger partial charge is 0.243 e. The summed E-state index contributed by atoms with van der Waals surface area (Å²) in [5.74, 6) is -0.376. The molecule has 3 aromatic carbocycles. The molecule has 0 heterocycles. The molecule has 3 rings (SSSR count). The zero-order valence-corrected chi connectivity index (χ0v) is 21.9. The van der Waals surface area contributed by atoms with Crippen molar-refractivity contribution in [3.63, 3.8) is 0 Å². The van der Waals surface area contributed by atoms with Gasteiger partial charge >= 0.3 is 0 Å². The highest BCUT2D eigenvalue weighted by Gasteiger charge is 2.31. The topological polar surface area (TPSA) is 49.4 Å². The summed E-state index contributed by atoms with van der Waals surface area (Å²) in [6.07, 6.45) is 1.81. The van der Waals surface area contributed by atoms with Crippen LogP contribution in [-0.2, 0) is 29.0 Å². The second-order valence-electron chi connectivity index (χ2n) is 8.31. The zero-order chi connectivity index (χ0) is 25.2. The third-order valence-corrected chi connectivity index (χ3v) is 6.85. The highest BCUT2D eigenvalue weighted by Crippen LogP contribution is 2.28. The molecule has 3 aromatic rings. The van der Waals surface area contributed by atoms with Gasteiger partial charge in [-0.2, -0.15) is 0 Å². The van der Waals surface area contributed by atoms with E-state index in [1.54, 1.807) is 29.2 Å². The summed E-state index contributed by atoms with van der Waals surface area (Å²) in [6.45, 7) is 2.64. The van der Waals surface area contributed by atoms with Crippen LogP contribution in [0.15, 0.2) is 72.8 Å². The van der Waals surface area contributed by atoms with Crippen molar-refractivity contribution in [1.29, 1.82) is 0 Å². The molecule has 0 saturated carbocycles. The molecule has 2 amide bonds. The number of aryl methyl sites for hydroxylation is 1. The maximum absolute atomic E-state index is 13.7. The van der Waals surface area contributed by atoms with Crippen molar-refractivity contribution >= 4 is 46.6 Å². The quantitative estimate of drug-likeness (QED) is 0.298. The second kappa shape index (κ2) is 13.5. The lowest BCUT2D eigenvalue weighted by Gasteiger charge is -2.32. The molecular formula is C28H29Cl3N2O2. The first kappa shape index (κ1) is 27.1. The summed E-state index contributed by atoms with van der Waals surface area (Å²) >= 11 is 19.2. The van der Waals surface area contributed by atoms with Crippen LogP contribution in [-0.4, -0.2) is 29.3 Å². The van der Waals surface area contributed by atoms with Gasteiger partial charge in [-0.15, -0.1) is 0 Å². The van der Waals surface area contributed by atoms with Crippen LogP contribution in [0.1, 0.15) is 36.5 Å². The molecule has 0 aliphatic rings. The number of amides is 2. The van der Waals surface area contributed by atoms with Crippen molar-refractivity contribution in [2.75, 3.05) is 6.54 Å². The van der Waals surface area contributed by atoms with Crippen molar-refractivity contribution in [2.24, 2.45) is 0 Å². The van der Waals surface area contributed by atoms with Crippen LogP contribution in [0.5, 0.6) is 0 Å². The van der Waals surface area contributed by atoms with Crippen molar-refractivity contribution in [3.05, 3.63) is 105 Å². The summed E-state index contributed by atoms with van der Waals surface area (Å²) < 4.78 is 0. The molecule has 0 aliphatic carbocycles. The maximum atomic E-state index is 13.7. The van der Waals surface area contributed by atoms with Crippen LogP contribution in [0, 0.1) is 0 Å². The molecule has 0 aliphatic heterocycles. The summed E-state index contributed by atoms with van der Waals surface area (Å²) in [7, 11) is 0. The average Bonchev–Trinajstić information content (AvgIpc) is 2.86. The molecular weight excluding hydrogens is 503 g/mol. The Balaban J connectivity index is 1.95. The van der Waals surface area contributed by atoms with E-state index in [9.17, 15) is 9.59 Å². The van der Waals surface area contributed by atoms with Crippen LogP contribution in [0.25, 0.3) is 0 Å². The fourth-order valence-corrected chi connectivity index (χ4v) is 4.61. The molecule has 0 unspecified atom stereocenters. The number of carbonyl (C=O) groups excluding carboxylic acids is 2. The standard InChI is InChI=1S/C28H29Cl3N2O2/c1-2-17-32-28(35)26(18-20-9-4-3-5-10-20)33(19-22-24(30)13-8-14-25(22)31)27(34)16-15-21-11-6-7-12-23(21)29/h3-14,26H,2,15-19H2,1H3,(H,32,35)/t26-/m0/s1. The number of halogens is 3. The molecule has 35 heavy (non-hydrogen) atoms. The van der Waals surface area contributed by atoms with Gasteiger partial charge in [-0.1, -0.05) is 96.3 Å². The molecule has 4 nitrogen and oxygen atoms in total. The van der Waals surface area contributed by atoms with Gasteiger partial charge in [0.25, 0.3) is 0 Å². The Kier molecular flexibility index (Phi) is 10.5. The van der Waals surface area contributed by atoms with Crippen molar-refractivity contribution < 1.29 is 9.59 Å². The Labute approximate surface area is 222 Å². The van der Waals surface area contributed by atoms with Crippen LogP contribution in [0.3, 0.4) is 0 Å². The number of carbonyl (C=O) groups is 2. The van der Waals surface area contributed by atoms with E-state index in [-0.39, 0.29) is 24.8 Å². The lowest BCUT2D eigenvalue weighted by atomic mass is 10.0. The van der Waals surface area contributed by atoms with Gasteiger partial charge in [0.15, 0.2) is 0 Å². The minimum atomic E-state index is -0.727. The van der Waals surface area contributed by atoms with Crippen LogP contribution in [0.4, 0.5) is 0 Å². The Morgan fingerprint density at radius 3 is 2.14 bits per heavy atom. The van der Waals surface area contributed by atoms with Gasteiger partial charge < -0.3 is 10.2 Å². The molecule has 1 N–H and O–H groups in total. The minimum Gasteiger partial charge on any atom is -0.354 e. The Hall–Kier alpha value is -2.53. The van der Waals surface area contributed by atoms with Gasteiger partial charge in [0.1, 0.15) is 6.04 Å². The van der Waals surface area contributed by atoms with Crippen LogP contribution < -0.4 is 5.32 Å². The molecule has 0 bridgehead atoms. The van der Waals surface area contributed by atoms with Gasteiger partial charge in [-0.25, -0.2) is 0 Å². The third-order valence-electron chi connectivity index (χ3n) is 5.78. The molecule has 1 atom stereocenters. The Bertz CT molecular complexity index is 1120. The largest absolute Gasteiger partial charge is 0.354 e. The van der Waals surface area contributed by atoms with E-state index >= 15 is 0 Å². The van der Waals surface area contributed by atoms with E-state index in [0.717, 1.165) is 17.5 Å². The first-order valence-electron chi connectivity index (χ1n) is 11.7. The third kappa shape index (κ3) is 7.73. The first-order valence-corrected chi connectivity index (χ1v) is 12.8. The number of benzene rings is 3. The van der Waals surface area contributed by atoms with Crippen molar-refractivity contribution in [1.82, 2.24) is 10.2 Å². The average molecular weight is 532 g/mol. The summed E-state index contributed by atoms with van der Waals surface area (Å²) in [5, 5.41) is 4.48. The first-order chi connectivity index (χ1) is 16.9. The van der Waals surface area contributed by atoms with E-state index in [1.165, 1.54) is 0 Å². The van der Waals surface area contributed by atoms with E-state index in [4.69, 9.17) is 34.8 Å². The normalized spacial score (nSPS) is 11.7. The SMILES string of the molecule is CCCNC(=O)[C@H](Cc1ccccc1)N(Cc1c(Cl)cccc1Cl)C(=O)CCc1ccccc1Cl. The van der Waals surface area contributed by atoms with E-state index in [2.05, 4.69) is 5.32 Å². The molecule has 0 aromatic heterocycles. The number of nitrogens with one attached hydrogen (secondary N) is 1. The fourth-order valence-electron chi connectivity index (χ4n) is 3.86. The lowest BCUT2D eigenvalue weighted by Crippen LogP contribution is -2.50. The highest BCUT2D eigenvalue weighted by atomic mass is 35.5. The van der Waals surface area contributed by atoms with Gasteiger partial charge in [0.05, 0.1) is 0 Å². The predicted octanol–water partition coefficient (Wildman–Crippen LogP) is 6.75. The summed E-state index contributed by atoms with van der Waals surface area (Å²) in [6, 6.07) is 21.6. The van der Waals surface area contributed by atoms with Crippen LogP contribution in [0.2, 0.25) is 15.1 Å². The minimum absolute atomic E-state index is 0.122. The monoisotopic (exact) mass is 530 g/mol. The summed E-state index contributed by atoms with van der Waals surface area (Å²) in [4.78, 5) is 28.6. The molecule has 7 heteroatoms. The van der Waals surface area contributed by atoms with E-state index in [0.29, 0.717) is 40.0 Å². The fraction of sp³-hybridized carbons (Fsp3) is 0.286. The van der Waals surface area contributed by atoms with Crippen molar-refractivity contribution in [2.45, 2.75) is 45.2 Å². The predicted molar refractivity (Wildman–Crippen MR) is 144 cm³/mol. The Morgan fingerprint density at radius 2 is 1.49 bits per heavy atom.